The third-order valence-electron chi connectivity index (χ3n) is 9.94. The number of para-hydroxylation sites is 3. The van der Waals surface area contributed by atoms with Gasteiger partial charge in [0.2, 0.25) is 0 Å². The van der Waals surface area contributed by atoms with Gasteiger partial charge < -0.3 is 13.9 Å². The van der Waals surface area contributed by atoms with Crippen molar-refractivity contribution in [3.05, 3.63) is 127 Å². The van der Waals surface area contributed by atoms with Crippen molar-refractivity contribution in [2.45, 2.75) is 26.2 Å². The molecule has 4 heterocycles. The molecule has 0 saturated carbocycles. The van der Waals surface area contributed by atoms with Crippen LogP contribution < -0.4 is 21.1 Å². The summed E-state index contributed by atoms with van der Waals surface area (Å²) in [6.07, 6.45) is 0. The summed E-state index contributed by atoms with van der Waals surface area (Å²) in [7, 11) is 0. The van der Waals surface area contributed by atoms with Crippen molar-refractivity contribution in [3.8, 4) is 22.9 Å². The number of rotatable bonds is 1. The standard InChI is InChI=1S/C40H29BN2O/c1-40(2,3)24-18-20-25(21-19-24)42-31-14-6-4-10-28(31)36-32(42)23-22-27-26-11-8-13-30-38(26)43(39(27)36)33-15-9-17-35-37(33)41(30)29-12-5-7-16-34(29)44-35/h4-23H,1-3H3. The summed E-state index contributed by atoms with van der Waals surface area (Å²) < 4.78 is 11.5. The highest BCUT2D eigenvalue weighted by Gasteiger charge is 2.40. The van der Waals surface area contributed by atoms with Gasteiger partial charge in [0.05, 0.1) is 16.6 Å². The van der Waals surface area contributed by atoms with Gasteiger partial charge in [0, 0.05) is 38.4 Å². The number of ether oxygens (including phenoxy) is 1. The largest absolute Gasteiger partial charge is 0.458 e. The Bertz CT molecular complexity index is 2510. The van der Waals surface area contributed by atoms with Crippen LogP contribution in [-0.2, 0) is 5.41 Å². The zero-order chi connectivity index (χ0) is 29.3. The molecule has 0 N–H and O–H groups in total. The van der Waals surface area contributed by atoms with Gasteiger partial charge in [-0.15, -0.1) is 0 Å². The molecule has 2 aliphatic heterocycles. The predicted molar refractivity (Wildman–Crippen MR) is 185 cm³/mol. The molecule has 3 nitrogen and oxygen atoms in total. The van der Waals surface area contributed by atoms with Gasteiger partial charge in [-0.05, 0) is 69.8 Å². The Labute approximate surface area is 256 Å². The highest BCUT2D eigenvalue weighted by molar-refractivity contribution is 6.99. The fourth-order valence-electron chi connectivity index (χ4n) is 8.01. The molecule has 0 saturated heterocycles. The van der Waals surface area contributed by atoms with E-state index in [1.807, 2.05) is 0 Å². The van der Waals surface area contributed by atoms with E-state index in [0.717, 1.165) is 11.5 Å². The number of hydrogen-bond acceptors (Lipinski definition) is 1. The van der Waals surface area contributed by atoms with Crippen LogP contribution in [0.3, 0.4) is 0 Å². The number of aromatic nitrogens is 2. The van der Waals surface area contributed by atoms with Gasteiger partial charge in [-0.3, -0.25) is 0 Å². The first-order valence-corrected chi connectivity index (χ1v) is 15.5. The molecule has 6 aromatic carbocycles. The Balaban J connectivity index is 1.37. The molecule has 10 rings (SSSR count). The quantitative estimate of drug-likeness (QED) is 0.184. The average Bonchev–Trinajstić information content (AvgIpc) is 3.56. The Hall–Kier alpha value is -5.22. The van der Waals surface area contributed by atoms with Gasteiger partial charge in [-0.25, -0.2) is 0 Å². The second-order valence-corrected chi connectivity index (χ2v) is 13.3. The molecular formula is C40H29BN2O. The minimum atomic E-state index is 0.106. The third kappa shape index (κ3) is 2.98. The Morgan fingerprint density at radius 1 is 0.545 bits per heavy atom. The van der Waals surface area contributed by atoms with Crippen molar-refractivity contribution in [1.82, 2.24) is 9.13 Å². The van der Waals surface area contributed by atoms with Gasteiger partial charge in [-0.1, -0.05) is 99.6 Å². The number of hydrogen-bond donors (Lipinski definition) is 0. The van der Waals surface area contributed by atoms with Crippen LogP contribution >= 0.6 is 0 Å². The van der Waals surface area contributed by atoms with E-state index in [1.165, 1.54) is 76.9 Å². The lowest BCUT2D eigenvalue weighted by atomic mass is 9.34. The smallest absolute Gasteiger partial charge is 0.256 e. The van der Waals surface area contributed by atoms with Crippen LogP contribution in [0.4, 0.5) is 0 Å². The lowest BCUT2D eigenvalue weighted by Crippen LogP contribution is -2.58. The van der Waals surface area contributed by atoms with E-state index in [0.29, 0.717) is 0 Å². The first-order valence-electron chi connectivity index (χ1n) is 15.5. The molecule has 8 aromatic rings. The summed E-state index contributed by atoms with van der Waals surface area (Å²) in [5.41, 5.74) is 12.7. The molecular weight excluding hydrogens is 535 g/mol. The highest BCUT2D eigenvalue weighted by Crippen LogP contribution is 2.43. The average molecular weight is 564 g/mol. The molecule has 0 fully saturated rings. The van der Waals surface area contributed by atoms with Gasteiger partial charge in [0.15, 0.2) is 0 Å². The van der Waals surface area contributed by atoms with Crippen LogP contribution in [0, 0.1) is 0 Å². The molecule has 0 unspecified atom stereocenters. The van der Waals surface area contributed by atoms with Crippen molar-refractivity contribution in [2.75, 3.05) is 0 Å². The first kappa shape index (κ1) is 24.3. The molecule has 0 atom stereocenters. The lowest BCUT2D eigenvalue weighted by molar-refractivity contribution is 0.487. The summed E-state index contributed by atoms with van der Waals surface area (Å²) in [5, 5.41) is 5.13. The van der Waals surface area contributed by atoms with E-state index in [2.05, 4.69) is 151 Å². The number of fused-ring (bicyclic) bond motifs is 11. The van der Waals surface area contributed by atoms with Crippen LogP contribution in [0.5, 0.6) is 11.5 Å². The van der Waals surface area contributed by atoms with Crippen LogP contribution in [0.25, 0.3) is 55.0 Å². The summed E-state index contributed by atoms with van der Waals surface area (Å²) in [5.74, 6) is 1.90. The molecule has 2 aromatic heterocycles. The molecule has 4 heteroatoms. The molecule has 0 aliphatic carbocycles. The maximum atomic E-state index is 6.56. The number of benzene rings is 6. The van der Waals surface area contributed by atoms with Crippen molar-refractivity contribution in [1.29, 1.82) is 0 Å². The van der Waals surface area contributed by atoms with E-state index in [9.17, 15) is 0 Å². The van der Waals surface area contributed by atoms with Gasteiger partial charge >= 0.3 is 0 Å². The van der Waals surface area contributed by atoms with E-state index < -0.39 is 0 Å². The van der Waals surface area contributed by atoms with Crippen molar-refractivity contribution < 1.29 is 4.74 Å². The van der Waals surface area contributed by atoms with Crippen molar-refractivity contribution >= 4 is 66.7 Å². The zero-order valence-corrected chi connectivity index (χ0v) is 24.9. The highest BCUT2D eigenvalue weighted by atomic mass is 16.5. The summed E-state index contributed by atoms with van der Waals surface area (Å²) in [4.78, 5) is 0. The minimum absolute atomic E-state index is 0.106. The van der Waals surface area contributed by atoms with Crippen molar-refractivity contribution in [3.63, 3.8) is 0 Å². The molecule has 208 valence electrons. The Morgan fingerprint density at radius 2 is 1.25 bits per heavy atom. The van der Waals surface area contributed by atoms with Gasteiger partial charge in [0.25, 0.3) is 6.71 Å². The maximum Gasteiger partial charge on any atom is 0.256 e. The summed E-state index contributed by atoms with van der Waals surface area (Å²) in [6, 6.07) is 44.6. The summed E-state index contributed by atoms with van der Waals surface area (Å²) in [6.45, 7) is 6.94. The topological polar surface area (TPSA) is 19.1 Å². The SMILES string of the molecule is CC(C)(C)c1ccc(-n2c3ccccc3c3c2ccc2c4cccc5c4n(c23)-c2cccc3c2B5c2ccccc2O3)cc1. The summed E-state index contributed by atoms with van der Waals surface area (Å²) >= 11 is 0. The fourth-order valence-corrected chi connectivity index (χ4v) is 8.01. The van der Waals surface area contributed by atoms with Crippen LogP contribution in [0.1, 0.15) is 26.3 Å². The fraction of sp³-hybridized carbons (Fsp3) is 0.100. The molecule has 0 bridgehead atoms. The molecule has 44 heavy (non-hydrogen) atoms. The van der Waals surface area contributed by atoms with Crippen LogP contribution in [0.2, 0.25) is 0 Å². The Kier molecular flexibility index (Phi) is 4.54. The molecule has 0 spiro atoms. The van der Waals surface area contributed by atoms with E-state index >= 15 is 0 Å². The zero-order valence-electron chi connectivity index (χ0n) is 24.9. The van der Waals surface area contributed by atoms with E-state index in [-0.39, 0.29) is 12.1 Å². The Morgan fingerprint density at radius 3 is 2.11 bits per heavy atom. The van der Waals surface area contributed by atoms with Crippen molar-refractivity contribution in [2.24, 2.45) is 0 Å². The normalized spacial score (nSPS) is 13.5. The van der Waals surface area contributed by atoms with E-state index in [4.69, 9.17) is 4.74 Å². The number of nitrogens with zero attached hydrogens (tertiary/aromatic N) is 2. The molecule has 2 aliphatic rings. The monoisotopic (exact) mass is 564 g/mol. The second kappa shape index (κ2) is 8.24. The molecule has 0 amide bonds. The maximum absolute atomic E-state index is 6.56. The third-order valence-corrected chi connectivity index (χ3v) is 9.94. The van der Waals surface area contributed by atoms with E-state index in [1.54, 1.807) is 0 Å². The van der Waals surface area contributed by atoms with Gasteiger partial charge in [-0.2, -0.15) is 0 Å². The lowest BCUT2D eigenvalue weighted by Gasteiger charge is -2.33. The van der Waals surface area contributed by atoms with Crippen LogP contribution in [-0.4, -0.2) is 15.8 Å². The second-order valence-electron chi connectivity index (χ2n) is 13.3. The predicted octanol–water partition coefficient (Wildman–Crippen LogP) is 8.11. The van der Waals surface area contributed by atoms with Gasteiger partial charge in [0.1, 0.15) is 11.5 Å². The molecule has 0 radical (unpaired) electrons. The first-order chi connectivity index (χ1) is 21.5. The van der Waals surface area contributed by atoms with Crippen LogP contribution in [0.15, 0.2) is 121 Å². The minimum Gasteiger partial charge on any atom is -0.458 e.